The highest BCUT2D eigenvalue weighted by Gasteiger charge is 2.30. The number of nitriles is 1. The van der Waals surface area contributed by atoms with Crippen molar-refractivity contribution in [3.8, 4) is 11.8 Å². The van der Waals surface area contributed by atoms with Gasteiger partial charge in [0.05, 0.1) is 11.5 Å². The average Bonchev–Trinajstić information content (AvgIpc) is 2.87. The molecule has 0 aliphatic carbocycles. The summed E-state index contributed by atoms with van der Waals surface area (Å²) in [6.45, 7) is 0. The summed E-state index contributed by atoms with van der Waals surface area (Å²) in [4.78, 5) is 13.7. The van der Waals surface area contributed by atoms with E-state index in [1.54, 1.807) is 11.9 Å². The van der Waals surface area contributed by atoms with Gasteiger partial charge in [0, 0.05) is 25.0 Å². The Kier molecular flexibility index (Phi) is 4.91. The van der Waals surface area contributed by atoms with Crippen LogP contribution in [0.2, 0.25) is 0 Å². The lowest BCUT2D eigenvalue weighted by atomic mass is 10.2. The summed E-state index contributed by atoms with van der Waals surface area (Å²) in [5.74, 6) is -0.373. The molecule has 0 radical (unpaired) electrons. The van der Waals surface area contributed by atoms with Crippen molar-refractivity contribution in [2.24, 2.45) is 0 Å². The van der Waals surface area contributed by atoms with Crippen molar-refractivity contribution in [3.63, 3.8) is 0 Å². The maximum atomic E-state index is 12.1. The Morgan fingerprint density at radius 2 is 2.09 bits per heavy atom. The summed E-state index contributed by atoms with van der Waals surface area (Å²) < 4.78 is 23.0. The van der Waals surface area contributed by atoms with Crippen LogP contribution in [0, 0.1) is 11.3 Å². The van der Waals surface area contributed by atoms with Gasteiger partial charge in [-0.05, 0) is 30.7 Å². The molecule has 1 aliphatic heterocycles. The summed E-state index contributed by atoms with van der Waals surface area (Å²) in [6, 6.07) is 7.44. The number of sulfone groups is 1. The zero-order valence-corrected chi connectivity index (χ0v) is 13.4. The molecule has 1 amide bonds. The van der Waals surface area contributed by atoms with Crippen LogP contribution in [0.1, 0.15) is 6.42 Å². The van der Waals surface area contributed by atoms with Crippen molar-refractivity contribution < 1.29 is 18.3 Å². The van der Waals surface area contributed by atoms with E-state index in [0.29, 0.717) is 12.1 Å². The lowest BCUT2D eigenvalue weighted by molar-refractivity contribution is -0.112. The van der Waals surface area contributed by atoms with Crippen LogP contribution >= 0.6 is 0 Å². The first kappa shape index (κ1) is 16.8. The van der Waals surface area contributed by atoms with Crippen molar-refractivity contribution >= 4 is 21.4 Å². The molecule has 23 heavy (non-hydrogen) atoms. The number of benzene rings is 1. The molecular weight excluding hydrogens is 318 g/mol. The normalized spacial score (nSPS) is 19.8. The monoisotopic (exact) mass is 335 g/mol. The standard InChI is InChI=1S/C15H17N3O4S/c1-18(13-6-7-23(21,22)10-13)9-11(8-16)15(20)17-12-2-4-14(19)5-3-12/h2-5,9,13,19H,6-7,10H2,1H3,(H,17,20)/b11-9-. The molecule has 1 aliphatic rings. The van der Waals surface area contributed by atoms with Crippen LogP contribution in [0.15, 0.2) is 36.0 Å². The Balaban J connectivity index is 2.07. The topological polar surface area (TPSA) is 110 Å². The smallest absolute Gasteiger partial charge is 0.267 e. The molecule has 1 atom stereocenters. The predicted octanol–water partition coefficient (Wildman–Crippen LogP) is 0.857. The van der Waals surface area contributed by atoms with Crippen LogP contribution in [-0.4, -0.2) is 48.9 Å². The largest absolute Gasteiger partial charge is 0.508 e. The Morgan fingerprint density at radius 1 is 1.43 bits per heavy atom. The van der Waals surface area contributed by atoms with E-state index in [0.717, 1.165) is 0 Å². The van der Waals surface area contributed by atoms with Crippen LogP contribution in [0.3, 0.4) is 0 Å². The number of anilines is 1. The first-order chi connectivity index (χ1) is 10.8. The second kappa shape index (κ2) is 6.71. The molecule has 1 saturated heterocycles. The van der Waals surface area contributed by atoms with E-state index in [2.05, 4.69) is 5.32 Å². The van der Waals surface area contributed by atoms with Gasteiger partial charge in [0.1, 0.15) is 17.4 Å². The molecular formula is C15H17N3O4S. The fourth-order valence-corrected chi connectivity index (χ4v) is 4.07. The van der Waals surface area contributed by atoms with Gasteiger partial charge in [0.2, 0.25) is 0 Å². The van der Waals surface area contributed by atoms with Crippen molar-refractivity contribution in [1.82, 2.24) is 4.90 Å². The fourth-order valence-electron chi connectivity index (χ4n) is 2.29. The number of hydrogen-bond donors (Lipinski definition) is 2. The van der Waals surface area contributed by atoms with Gasteiger partial charge in [-0.15, -0.1) is 0 Å². The fraction of sp³-hybridized carbons (Fsp3) is 0.333. The van der Waals surface area contributed by atoms with Crippen molar-refractivity contribution in [2.45, 2.75) is 12.5 Å². The second-order valence-electron chi connectivity index (χ2n) is 5.38. The Morgan fingerprint density at radius 3 is 2.61 bits per heavy atom. The van der Waals surface area contributed by atoms with Gasteiger partial charge >= 0.3 is 0 Å². The average molecular weight is 335 g/mol. The molecule has 0 spiro atoms. The number of carbonyl (C=O) groups is 1. The van der Waals surface area contributed by atoms with Crippen LogP contribution in [0.5, 0.6) is 5.75 Å². The first-order valence-corrected chi connectivity index (χ1v) is 8.77. The molecule has 2 rings (SSSR count). The van der Waals surface area contributed by atoms with E-state index < -0.39 is 15.7 Å². The quantitative estimate of drug-likeness (QED) is 0.480. The number of amides is 1. The van der Waals surface area contributed by atoms with E-state index in [1.807, 2.05) is 6.07 Å². The van der Waals surface area contributed by atoms with E-state index in [9.17, 15) is 18.3 Å². The van der Waals surface area contributed by atoms with Gasteiger partial charge in [-0.2, -0.15) is 5.26 Å². The maximum absolute atomic E-state index is 12.1. The van der Waals surface area contributed by atoms with Gasteiger partial charge in [-0.3, -0.25) is 4.79 Å². The Hall–Kier alpha value is -2.53. The van der Waals surface area contributed by atoms with E-state index in [1.165, 1.54) is 30.5 Å². The van der Waals surface area contributed by atoms with Crippen molar-refractivity contribution in [3.05, 3.63) is 36.0 Å². The van der Waals surface area contributed by atoms with E-state index in [-0.39, 0.29) is 28.9 Å². The highest BCUT2D eigenvalue weighted by atomic mass is 32.2. The number of carbonyl (C=O) groups excluding carboxylic acids is 1. The first-order valence-electron chi connectivity index (χ1n) is 6.95. The minimum atomic E-state index is -3.03. The minimum absolute atomic E-state index is 0.0261. The zero-order valence-electron chi connectivity index (χ0n) is 12.6. The summed E-state index contributed by atoms with van der Waals surface area (Å²) >= 11 is 0. The highest BCUT2D eigenvalue weighted by Crippen LogP contribution is 2.18. The Labute approximate surface area is 134 Å². The summed E-state index contributed by atoms with van der Waals surface area (Å²) in [5.41, 5.74) is 0.324. The van der Waals surface area contributed by atoms with Crippen LogP contribution in [0.4, 0.5) is 5.69 Å². The molecule has 0 saturated carbocycles. The Bertz CT molecular complexity index is 763. The minimum Gasteiger partial charge on any atom is -0.508 e. The van der Waals surface area contributed by atoms with E-state index in [4.69, 9.17) is 5.26 Å². The van der Waals surface area contributed by atoms with Gasteiger partial charge in [-0.1, -0.05) is 0 Å². The molecule has 1 aromatic rings. The molecule has 2 N–H and O–H groups in total. The highest BCUT2D eigenvalue weighted by molar-refractivity contribution is 7.91. The molecule has 0 aromatic heterocycles. The summed E-state index contributed by atoms with van der Waals surface area (Å²) in [5, 5.41) is 20.9. The van der Waals surface area contributed by atoms with Crippen LogP contribution in [-0.2, 0) is 14.6 Å². The van der Waals surface area contributed by atoms with Crippen LogP contribution < -0.4 is 5.32 Å². The lowest BCUT2D eigenvalue weighted by Crippen LogP contribution is -2.29. The summed E-state index contributed by atoms with van der Waals surface area (Å²) in [7, 11) is -1.38. The molecule has 7 nitrogen and oxygen atoms in total. The SMILES string of the molecule is CN(/C=C(/C#N)C(=O)Nc1ccc(O)cc1)C1CCS(=O)(=O)C1. The molecule has 1 unspecified atom stereocenters. The van der Waals surface area contributed by atoms with Crippen LogP contribution in [0.25, 0.3) is 0 Å². The molecule has 122 valence electrons. The molecule has 1 fully saturated rings. The molecule has 1 heterocycles. The number of hydrogen-bond acceptors (Lipinski definition) is 6. The third-order valence-electron chi connectivity index (χ3n) is 3.61. The van der Waals surface area contributed by atoms with Crippen molar-refractivity contribution in [1.29, 1.82) is 5.26 Å². The summed E-state index contributed by atoms with van der Waals surface area (Å²) in [6.07, 6.45) is 1.84. The zero-order chi connectivity index (χ0) is 17.0. The lowest BCUT2D eigenvalue weighted by Gasteiger charge is -2.21. The number of phenolic OH excluding ortho intramolecular Hbond substituents is 1. The third kappa shape index (κ3) is 4.47. The number of aromatic hydroxyl groups is 1. The number of nitrogens with zero attached hydrogens (tertiary/aromatic N) is 2. The van der Waals surface area contributed by atoms with Gasteiger partial charge < -0.3 is 15.3 Å². The number of nitrogens with one attached hydrogen (secondary N) is 1. The number of phenols is 1. The van der Waals surface area contributed by atoms with Gasteiger partial charge in [0.15, 0.2) is 9.84 Å². The molecule has 8 heteroatoms. The predicted molar refractivity (Wildman–Crippen MR) is 85.3 cm³/mol. The molecule has 0 bridgehead atoms. The third-order valence-corrected chi connectivity index (χ3v) is 5.36. The second-order valence-corrected chi connectivity index (χ2v) is 7.61. The van der Waals surface area contributed by atoms with Crippen molar-refractivity contribution in [2.75, 3.05) is 23.9 Å². The number of rotatable bonds is 4. The van der Waals surface area contributed by atoms with Gasteiger partial charge in [0.25, 0.3) is 5.91 Å². The van der Waals surface area contributed by atoms with E-state index >= 15 is 0 Å². The maximum Gasteiger partial charge on any atom is 0.267 e. The van der Waals surface area contributed by atoms with Gasteiger partial charge in [-0.25, -0.2) is 8.42 Å². The molecule has 1 aromatic carbocycles.